The van der Waals surface area contributed by atoms with E-state index in [0.29, 0.717) is 32.3 Å². The summed E-state index contributed by atoms with van der Waals surface area (Å²) < 4.78 is 5.45. The van der Waals surface area contributed by atoms with E-state index in [-0.39, 0.29) is 12.5 Å². The molecule has 0 saturated heterocycles. The molecule has 2 aromatic rings. The molecule has 1 aromatic carbocycles. The first-order valence-corrected chi connectivity index (χ1v) is 10.3. The van der Waals surface area contributed by atoms with Crippen molar-refractivity contribution < 1.29 is 14.3 Å². The van der Waals surface area contributed by atoms with E-state index in [1.807, 2.05) is 0 Å². The maximum Gasteiger partial charge on any atom is 0.262 e. The zero-order chi connectivity index (χ0) is 19.6. The number of nitrogens with one attached hydrogen (secondary N) is 1. The molecular formula is C19H20Cl2N2O3S. The number of carbonyl (C=O) groups excluding carboxylic acids is 2. The van der Waals surface area contributed by atoms with Crippen LogP contribution in [0.4, 0.5) is 5.00 Å². The molecule has 0 fully saturated rings. The lowest BCUT2D eigenvalue weighted by Crippen LogP contribution is -2.23. The molecular weight excluding hydrogens is 407 g/mol. The molecule has 0 unspecified atom stereocenters. The van der Waals surface area contributed by atoms with Crippen molar-refractivity contribution in [2.75, 3.05) is 11.9 Å². The first kappa shape index (κ1) is 20.0. The van der Waals surface area contributed by atoms with Crippen LogP contribution in [0.2, 0.25) is 10.0 Å². The van der Waals surface area contributed by atoms with E-state index in [0.717, 1.165) is 36.1 Å². The second kappa shape index (κ2) is 8.50. The summed E-state index contributed by atoms with van der Waals surface area (Å²) >= 11 is 13.3. The molecule has 0 aliphatic heterocycles. The van der Waals surface area contributed by atoms with Crippen molar-refractivity contribution in [3.05, 3.63) is 44.2 Å². The van der Waals surface area contributed by atoms with Crippen molar-refractivity contribution in [1.82, 2.24) is 0 Å². The molecule has 0 radical (unpaired) electrons. The minimum atomic E-state index is -0.514. The molecule has 144 valence electrons. The van der Waals surface area contributed by atoms with E-state index in [9.17, 15) is 9.59 Å². The Kier molecular flexibility index (Phi) is 6.29. The first-order chi connectivity index (χ1) is 12.9. The Labute approximate surface area is 171 Å². The highest BCUT2D eigenvalue weighted by atomic mass is 35.5. The van der Waals surface area contributed by atoms with E-state index in [4.69, 9.17) is 33.7 Å². The summed E-state index contributed by atoms with van der Waals surface area (Å²) in [7, 11) is 0. The van der Waals surface area contributed by atoms with Crippen LogP contribution < -0.4 is 15.8 Å². The number of ether oxygens (including phenoxy) is 1. The summed E-state index contributed by atoms with van der Waals surface area (Å²) in [6, 6.07) is 4.77. The third kappa shape index (κ3) is 4.57. The van der Waals surface area contributed by atoms with E-state index in [1.54, 1.807) is 18.2 Å². The molecule has 0 saturated carbocycles. The van der Waals surface area contributed by atoms with Crippen molar-refractivity contribution in [2.45, 2.75) is 32.6 Å². The highest BCUT2D eigenvalue weighted by Gasteiger charge is 2.28. The number of thiophene rings is 1. The summed E-state index contributed by atoms with van der Waals surface area (Å²) in [5.74, 6) is 0.0759. The molecule has 0 spiro atoms. The van der Waals surface area contributed by atoms with Crippen LogP contribution in [-0.2, 0) is 17.6 Å². The Morgan fingerprint density at radius 2 is 2.15 bits per heavy atom. The molecule has 2 amide bonds. The Balaban J connectivity index is 1.72. The number of benzene rings is 1. The molecule has 8 heteroatoms. The number of carbonyl (C=O) groups is 2. The first-order valence-electron chi connectivity index (χ1n) is 8.71. The van der Waals surface area contributed by atoms with Crippen LogP contribution in [0.25, 0.3) is 0 Å². The van der Waals surface area contributed by atoms with Gasteiger partial charge in [-0.15, -0.1) is 11.3 Å². The Morgan fingerprint density at radius 3 is 2.81 bits per heavy atom. The van der Waals surface area contributed by atoms with Gasteiger partial charge in [0.1, 0.15) is 10.8 Å². The second-order valence-electron chi connectivity index (χ2n) is 6.50. The second-order valence-corrected chi connectivity index (χ2v) is 8.45. The van der Waals surface area contributed by atoms with Gasteiger partial charge in [0, 0.05) is 9.90 Å². The minimum absolute atomic E-state index is 0.236. The summed E-state index contributed by atoms with van der Waals surface area (Å²) in [6.07, 6.45) is 3.87. The largest absolute Gasteiger partial charge is 0.482 e. The number of anilines is 1. The molecule has 5 nitrogen and oxygen atoms in total. The lowest BCUT2D eigenvalue weighted by Gasteiger charge is -2.20. The van der Waals surface area contributed by atoms with Gasteiger partial charge in [-0.1, -0.05) is 36.5 Å². The van der Waals surface area contributed by atoms with Crippen molar-refractivity contribution in [3.8, 4) is 5.75 Å². The SMILES string of the molecule is CC[C@H]1CCc2c(sc(NC(=O)COc3ccc(Cl)cc3Cl)c2C(N)=O)C1. The monoisotopic (exact) mass is 426 g/mol. The fourth-order valence-electron chi connectivity index (χ4n) is 3.25. The quantitative estimate of drug-likeness (QED) is 0.702. The van der Waals surface area contributed by atoms with Crippen LogP contribution in [0.1, 0.15) is 40.6 Å². The number of fused-ring (bicyclic) bond motifs is 1. The third-order valence-electron chi connectivity index (χ3n) is 4.70. The molecule has 1 aliphatic rings. The molecule has 0 bridgehead atoms. The van der Waals surface area contributed by atoms with Gasteiger partial charge < -0.3 is 15.8 Å². The zero-order valence-corrected chi connectivity index (χ0v) is 17.1. The predicted molar refractivity (Wildman–Crippen MR) is 109 cm³/mol. The zero-order valence-electron chi connectivity index (χ0n) is 14.8. The fourth-order valence-corrected chi connectivity index (χ4v) is 5.10. The number of rotatable bonds is 6. The van der Waals surface area contributed by atoms with Gasteiger partial charge in [0.15, 0.2) is 6.61 Å². The fraction of sp³-hybridized carbons (Fsp3) is 0.368. The van der Waals surface area contributed by atoms with Gasteiger partial charge in [0.25, 0.3) is 11.8 Å². The topological polar surface area (TPSA) is 81.4 Å². The Hall–Kier alpha value is -1.76. The normalized spacial score (nSPS) is 15.9. The van der Waals surface area contributed by atoms with Gasteiger partial charge in [-0.25, -0.2) is 0 Å². The number of hydrogen-bond acceptors (Lipinski definition) is 4. The van der Waals surface area contributed by atoms with E-state index < -0.39 is 5.91 Å². The van der Waals surface area contributed by atoms with Gasteiger partial charge in [0.05, 0.1) is 10.6 Å². The number of hydrogen-bond donors (Lipinski definition) is 2. The third-order valence-corrected chi connectivity index (χ3v) is 6.40. The molecule has 3 N–H and O–H groups in total. The maximum absolute atomic E-state index is 12.3. The minimum Gasteiger partial charge on any atom is -0.482 e. The Bertz CT molecular complexity index is 882. The van der Waals surface area contributed by atoms with Crippen LogP contribution in [0, 0.1) is 5.92 Å². The Morgan fingerprint density at radius 1 is 1.37 bits per heavy atom. The van der Waals surface area contributed by atoms with E-state index >= 15 is 0 Å². The van der Waals surface area contributed by atoms with Crippen LogP contribution in [0.15, 0.2) is 18.2 Å². The highest BCUT2D eigenvalue weighted by molar-refractivity contribution is 7.17. The highest BCUT2D eigenvalue weighted by Crippen LogP contribution is 2.40. The van der Waals surface area contributed by atoms with Crippen molar-refractivity contribution in [1.29, 1.82) is 0 Å². The smallest absolute Gasteiger partial charge is 0.262 e. The molecule has 1 atom stereocenters. The van der Waals surface area contributed by atoms with Crippen LogP contribution in [0.3, 0.4) is 0 Å². The van der Waals surface area contributed by atoms with Crippen molar-refractivity contribution in [2.24, 2.45) is 11.7 Å². The maximum atomic E-state index is 12.3. The lowest BCUT2D eigenvalue weighted by molar-refractivity contribution is -0.118. The summed E-state index contributed by atoms with van der Waals surface area (Å²) in [5.41, 5.74) is 6.99. The molecule has 27 heavy (non-hydrogen) atoms. The van der Waals surface area contributed by atoms with Crippen LogP contribution in [0.5, 0.6) is 5.75 Å². The number of primary amides is 1. The van der Waals surface area contributed by atoms with Gasteiger partial charge in [-0.2, -0.15) is 0 Å². The average molecular weight is 427 g/mol. The summed E-state index contributed by atoms with van der Waals surface area (Å²) in [5, 5.41) is 4.08. The predicted octanol–water partition coefficient (Wildman–Crippen LogP) is 4.69. The molecule has 1 aromatic heterocycles. The number of nitrogens with two attached hydrogens (primary N) is 1. The molecule has 1 aliphatic carbocycles. The molecule has 1 heterocycles. The van der Waals surface area contributed by atoms with Crippen LogP contribution >= 0.6 is 34.5 Å². The number of amides is 2. The summed E-state index contributed by atoms with van der Waals surface area (Å²) in [4.78, 5) is 25.4. The van der Waals surface area contributed by atoms with E-state index in [2.05, 4.69) is 12.2 Å². The van der Waals surface area contributed by atoms with Gasteiger partial charge in [-0.3, -0.25) is 9.59 Å². The van der Waals surface area contributed by atoms with Gasteiger partial charge in [-0.05, 0) is 48.9 Å². The van der Waals surface area contributed by atoms with Crippen molar-refractivity contribution >= 4 is 51.4 Å². The van der Waals surface area contributed by atoms with Crippen molar-refractivity contribution in [3.63, 3.8) is 0 Å². The standard InChI is InChI=1S/C19H20Cl2N2O3S/c1-2-10-3-5-12-15(7-10)27-19(17(12)18(22)25)23-16(24)9-26-14-6-4-11(20)8-13(14)21/h4,6,8,10H,2-3,5,7,9H2,1H3,(H2,22,25)(H,23,24)/t10-/m0/s1. The lowest BCUT2D eigenvalue weighted by atomic mass is 9.85. The van der Waals surface area contributed by atoms with E-state index in [1.165, 1.54) is 11.3 Å². The number of halogens is 2. The molecule has 3 rings (SSSR count). The van der Waals surface area contributed by atoms with Crippen LogP contribution in [-0.4, -0.2) is 18.4 Å². The average Bonchev–Trinajstić information content (AvgIpc) is 2.97. The van der Waals surface area contributed by atoms with Gasteiger partial charge >= 0.3 is 0 Å². The van der Waals surface area contributed by atoms with Gasteiger partial charge in [0.2, 0.25) is 0 Å². The summed E-state index contributed by atoms with van der Waals surface area (Å²) in [6.45, 7) is 1.93.